The minimum atomic E-state index is -4.61. The predicted octanol–water partition coefficient (Wildman–Crippen LogP) is -4.16. The third kappa shape index (κ3) is 38.9. The number of hydrogen-bond acceptors (Lipinski definition) is 9. The van der Waals surface area contributed by atoms with Gasteiger partial charge in [0, 0.05) is 0 Å². The molecule has 0 bridgehead atoms. The number of hydrogen-bond donors (Lipinski definition) is 5. The van der Waals surface area contributed by atoms with Crippen molar-refractivity contribution in [3.63, 3.8) is 0 Å². The van der Waals surface area contributed by atoms with Crippen molar-refractivity contribution in [2.45, 2.75) is 0 Å². The molecule has 0 atom stereocenters. The SMILES string of the molecule is N.O=S(=O)(O)OO.O=S(=O)(O)OO.[H-].[Na+]. The Morgan fingerprint density at radius 3 is 0.929 bits per heavy atom. The summed E-state index contributed by atoms with van der Waals surface area (Å²) in [6, 6.07) is 0. The molecular weight excluding hydrogens is 261 g/mol. The monoisotopic (exact) mass is 269 g/mol. The molecule has 86 valence electrons. The zero-order valence-corrected chi connectivity index (χ0v) is 10.4. The van der Waals surface area contributed by atoms with Crippen LogP contribution in [0.2, 0.25) is 0 Å². The van der Waals surface area contributed by atoms with E-state index in [-0.39, 0.29) is 37.1 Å². The van der Waals surface area contributed by atoms with E-state index in [4.69, 9.17) is 36.5 Å². The average molecular weight is 269 g/mol. The molecule has 0 aliphatic rings. The second-order valence-corrected chi connectivity index (χ2v) is 3.01. The van der Waals surface area contributed by atoms with Crippen LogP contribution >= 0.6 is 0 Å². The van der Waals surface area contributed by atoms with Crippen LogP contribution in [0.4, 0.5) is 0 Å². The van der Waals surface area contributed by atoms with Crippen molar-refractivity contribution in [2.24, 2.45) is 0 Å². The van der Waals surface area contributed by atoms with E-state index in [0.29, 0.717) is 0 Å². The van der Waals surface area contributed by atoms with Gasteiger partial charge in [0.25, 0.3) is 0 Å². The van der Waals surface area contributed by atoms with Crippen LogP contribution in [-0.4, -0.2) is 36.5 Å². The smallest absolute Gasteiger partial charge is 1.00 e. The molecule has 0 saturated carbocycles. The second-order valence-electron chi connectivity index (χ2n) is 1.00. The molecular formula is H8NNaO10S2. The van der Waals surface area contributed by atoms with E-state index in [1.165, 1.54) is 0 Å². The molecule has 0 aliphatic carbocycles. The molecule has 0 unspecified atom stereocenters. The second kappa shape index (κ2) is 10.1. The summed E-state index contributed by atoms with van der Waals surface area (Å²) in [6.45, 7) is 0. The van der Waals surface area contributed by atoms with Crippen LogP contribution in [-0.2, 0) is 29.5 Å². The van der Waals surface area contributed by atoms with E-state index in [1.54, 1.807) is 0 Å². The van der Waals surface area contributed by atoms with Crippen molar-refractivity contribution in [2.75, 3.05) is 0 Å². The predicted molar refractivity (Wildman–Crippen MR) is 36.7 cm³/mol. The largest absolute Gasteiger partial charge is 1.00 e. The van der Waals surface area contributed by atoms with Crippen molar-refractivity contribution in [3.05, 3.63) is 0 Å². The molecule has 0 heterocycles. The first-order valence-corrected chi connectivity index (χ1v) is 4.46. The topological polar surface area (TPSA) is 203 Å². The maximum Gasteiger partial charge on any atom is 1.00 e. The first-order chi connectivity index (χ1) is 5.12. The minimum Gasteiger partial charge on any atom is -1.00 e. The first-order valence-electron chi connectivity index (χ1n) is 1.73. The summed E-state index contributed by atoms with van der Waals surface area (Å²) in [5.74, 6) is 0. The summed E-state index contributed by atoms with van der Waals surface area (Å²) in [6.07, 6.45) is 0. The van der Waals surface area contributed by atoms with E-state index < -0.39 is 20.8 Å². The van der Waals surface area contributed by atoms with Gasteiger partial charge in [0.05, 0.1) is 0 Å². The van der Waals surface area contributed by atoms with E-state index in [0.717, 1.165) is 0 Å². The van der Waals surface area contributed by atoms with Crippen molar-refractivity contribution in [3.8, 4) is 0 Å². The third-order valence-electron chi connectivity index (χ3n) is 0.188. The Morgan fingerprint density at radius 2 is 0.929 bits per heavy atom. The van der Waals surface area contributed by atoms with E-state index in [1.807, 2.05) is 0 Å². The molecule has 0 amide bonds. The van der Waals surface area contributed by atoms with E-state index in [2.05, 4.69) is 8.67 Å². The van der Waals surface area contributed by atoms with Gasteiger partial charge >= 0.3 is 50.4 Å². The normalized spacial score (nSPS) is 10.0. The summed E-state index contributed by atoms with van der Waals surface area (Å²) < 4.78 is 55.9. The summed E-state index contributed by atoms with van der Waals surface area (Å²) in [4.78, 5) is 0. The fraction of sp³-hybridized carbons (Fsp3) is 0. The summed E-state index contributed by atoms with van der Waals surface area (Å²) in [5, 5.41) is 14.1. The quantitative estimate of drug-likeness (QED) is 0.141. The van der Waals surface area contributed by atoms with Gasteiger partial charge in [0.1, 0.15) is 0 Å². The fourth-order valence-electron chi connectivity index (χ4n) is 0. The summed E-state index contributed by atoms with van der Waals surface area (Å²) in [5.41, 5.74) is 0. The van der Waals surface area contributed by atoms with Gasteiger partial charge < -0.3 is 7.58 Å². The molecule has 7 N–H and O–H groups in total. The molecule has 0 radical (unpaired) electrons. The molecule has 0 saturated heterocycles. The van der Waals surface area contributed by atoms with Gasteiger partial charge in [-0.3, -0.25) is 9.11 Å². The van der Waals surface area contributed by atoms with Crippen molar-refractivity contribution >= 4 is 20.8 Å². The molecule has 11 nitrogen and oxygen atoms in total. The van der Waals surface area contributed by atoms with Gasteiger partial charge in [0.15, 0.2) is 0 Å². The zero-order valence-electron chi connectivity index (χ0n) is 7.76. The van der Waals surface area contributed by atoms with E-state index in [9.17, 15) is 0 Å². The Kier molecular flexibility index (Phi) is 17.4. The van der Waals surface area contributed by atoms with Gasteiger partial charge in [-0.05, 0) is 0 Å². The first kappa shape index (κ1) is 24.0. The van der Waals surface area contributed by atoms with E-state index >= 15 is 0 Å². The zero-order chi connectivity index (χ0) is 10.4. The maximum absolute atomic E-state index is 9.08. The molecule has 0 aromatic carbocycles. The Morgan fingerprint density at radius 1 is 0.857 bits per heavy atom. The van der Waals surface area contributed by atoms with Crippen LogP contribution in [0.5, 0.6) is 0 Å². The molecule has 0 aliphatic heterocycles. The Bertz CT molecular complexity index is 259. The van der Waals surface area contributed by atoms with Crippen LogP contribution in [0.3, 0.4) is 0 Å². The van der Waals surface area contributed by atoms with Crippen molar-refractivity contribution in [1.82, 2.24) is 6.15 Å². The van der Waals surface area contributed by atoms with Crippen LogP contribution < -0.4 is 35.7 Å². The molecule has 14 heavy (non-hydrogen) atoms. The Balaban J connectivity index is -0.0000000370. The molecule has 14 heteroatoms. The standard InChI is InChI=1S/H3N.Na.2H2O5S.H/c;;2*1-5-6(2,3)4;/h1H3;;2*1H,(H,2,3,4);/q;+1;;;-1. The fourth-order valence-corrected chi connectivity index (χ4v) is 0. The van der Waals surface area contributed by atoms with Gasteiger partial charge in [-0.1, -0.05) is 8.67 Å². The van der Waals surface area contributed by atoms with Crippen LogP contribution in [0.1, 0.15) is 1.43 Å². The van der Waals surface area contributed by atoms with Crippen molar-refractivity contribution in [1.29, 1.82) is 0 Å². The Labute approximate surface area is 103 Å². The van der Waals surface area contributed by atoms with Gasteiger partial charge in [-0.2, -0.15) is 16.8 Å². The van der Waals surface area contributed by atoms with Gasteiger partial charge in [-0.15, -0.1) is 0 Å². The summed E-state index contributed by atoms with van der Waals surface area (Å²) in [7, 11) is -9.21. The third-order valence-corrected chi connectivity index (χ3v) is 0.565. The number of rotatable bonds is 2. The van der Waals surface area contributed by atoms with Crippen molar-refractivity contribution < 1.29 is 76.1 Å². The maximum atomic E-state index is 9.08. The molecule has 0 fully saturated rings. The molecule has 0 rings (SSSR count). The van der Waals surface area contributed by atoms with Crippen LogP contribution in [0.25, 0.3) is 0 Å². The average Bonchev–Trinajstić information content (AvgIpc) is 1.86. The summed E-state index contributed by atoms with van der Waals surface area (Å²) >= 11 is 0. The minimum absolute atomic E-state index is 0. The van der Waals surface area contributed by atoms with Gasteiger partial charge in [-0.25, -0.2) is 10.5 Å². The van der Waals surface area contributed by atoms with Gasteiger partial charge in [0.2, 0.25) is 0 Å². The van der Waals surface area contributed by atoms with Crippen LogP contribution in [0.15, 0.2) is 0 Å². The molecule has 0 aromatic rings. The molecule has 0 aromatic heterocycles. The Hall–Kier alpha value is 0.620. The molecule has 0 spiro atoms. The van der Waals surface area contributed by atoms with Crippen LogP contribution in [0, 0.1) is 0 Å².